The van der Waals surface area contributed by atoms with Crippen LogP contribution < -0.4 is 11.1 Å². The number of morpholine rings is 1. The first-order valence-corrected chi connectivity index (χ1v) is 7.63. The van der Waals surface area contributed by atoms with Gasteiger partial charge >= 0.3 is 0 Å². The van der Waals surface area contributed by atoms with E-state index < -0.39 is 0 Å². The molecule has 2 aliphatic heterocycles. The normalized spacial score (nSPS) is 25.6. The summed E-state index contributed by atoms with van der Waals surface area (Å²) >= 11 is 0. The summed E-state index contributed by atoms with van der Waals surface area (Å²) in [5.41, 5.74) is 8.01. The number of carbonyl (C=O) groups excluding carboxylic acids is 1. The molecule has 0 bridgehead atoms. The van der Waals surface area contributed by atoms with Crippen molar-refractivity contribution in [3.05, 3.63) is 29.3 Å². The van der Waals surface area contributed by atoms with Crippen LogP contribution in [0.2, 0.25) is 0 Å². The molecule has 1 aromatic carbocycles. The van der Waals surface area contributed by atoms with Crippen molar-refractivity contribution < 1.29 is 9.53 Å². The minimum atomic E-state index is -0.0856. The number of anilines is 1. The Hall–Kier alpha value is -1.59. The topological polar surface area (TPSA) is 67.6 Å². The number of hydrogen-bond donors (Lipinski definition) is 2. The first kappa shape index (κ1) is 14.4. The molecule has 0 aliphatic carbocycles. The third-order valence-corrected chi connectivity index (χ3v) is 4.31. The van der Waals surface area contributed by atoms with Gasteiger partial charge in [0.05, 0.1) is 12.7 Å². The van der Waals surface area contributed by atoms with Crippen LogP contribution in [0.4, 0.5) is 5.69 Å². The Kier molecular flexibility index (Phi) is 4.12. The lowest BCUT2D eigenvalue weighted by molar-refractivity contribution is -0.0461. The van der Waals surface area contributed by atoms with Crippen molar-refractivity contribution in [2.24, 2.45) is 0 Å². The molecule has 2 atom stereocenters. The molecule has 2 fully saturated rings. The number of nitrogen functional groups attached to an aromatic ring is 1. The molecule has 0 spiro atoms. The smallest absolute Gasteiger partial charge is 0.251 e. The summed E-state index contributed by atoms with van der Waals surface area (Å²) in [6.07, 6.45) is 2.59. The van der Waals surface area contributed by atoms with Crippen LogP contribution in [0.1, 0.15) is 28.8 Å². The van der Waals surface area contributed by atoms with Gasteiger partial charge in [0.15, 0.2) is 0 Å². The second-order valence-electron chi connectivity index (χ2n) is 6.09. The predicted molar refractivity (Wildman–Crippen MR) is 82.3 cm³/mol. The number of benzene rings is 1. The Balaban J connectivity index is 1.53. The van der Waals surface area contributed by atoms with Crippen LogP contribution in [0.3, 0.4) is 0 Å². The quantitative estimate of drug-likeness (QED) is 0.820. The number of nitrogens with one attached hydrogen (secondary N) is 1. The summed E-state index contributed by atoms with van der Waals surface area (Å²) in [7, 11) is 0. The van der Waals surface area contributed by atoms with E-state index in [9.17, 15) is 4.79 Å². The average Bonchev–Trinajstić information content (AvgIpc) is 2.91. The molecule has 2 unspecified atom stereocenters. The van der Waals surface area contributed by atoms with Gasteiger partial charge in [-0.05, 0) is 50.1 Å². The number of rotatable bonds is 3. The third kappa shape index (κ3) is 3.36. The lowest BCUT2D eigenvalue weighted by atomic mass is 10.1. The van der Waals surface area contributed by atoms with Gasteiger partial charge in [-0.1, -0.05) is 0 Å². The lowest BCUT2D eigenvalue weighted by Gasteiger charge is -2.35. The van der Waals surface area contributed by atoms with Gasteiger partial charge < -0.3 is 15.8 Å². The van der Waals surface area contributed by atoms with Gasteiger partial charge in [0, 0.05) is 30.4 Å². The van der Waals surface area contributed by atoms with E-state index in [1.165, 1.54) is 12.8 Å². The minimum Gasteiger partial charge on any atom is -0.399 e. The van der Waals surface area contributed by atoms with E-state index in [2.05, 4.69) is 10.2 Å². The van der Waals surface area contributed by atoms with Crippen molar-refractivity contribution in [2.75, 3.05) is 32.0 Å². The fourth-order valence-electron chi connectivity index (χ4n) is 3.26. The van der Waals surface area contributed by atoms with Crippen molar-refractivity contribution in [2.45, 2.75) is 31.9 Å². The molecule has 2 saturated heterocycles. The molecule has 21 heavy (non-hydrogen) atoms. The van der Waals surface area contributed by atoms with E-state index in [0.29, 0.717) is 23.8 Å². The summed E-state index contributed by atoms with van der Waals surface area (Å²) in [6.45, 7) is 5.35. The van der Waals surface area contributed by atoms with Crippen molar-refractivity contribution in [3.8, 4) is 0 Å². The molecule has 0 aromatic heterocycles. The van der Waals surface area contributed by atoms with Crippen LogP contribution in [-0.4, -0.2) is 49.2 Å². The van der Waals surface area contributed by atoms with Gasteiger partial charge in [0.1, 0.15) is 0 Å². The highest BCUT2D eigenvalue weighted by Crippen LogP contribution is 2.22. The molecule has 5 nitrogen and oxygen atoms in total. The summed E-state index contributed by atoms with van der Waals surface area (Å²) in [5.74, 6) is -0.0856. The van der Waals surface area contributed by atoms with Gasteiger partial charge in [-0.15, -0.1) is 0 Å². The summed E-state index contributed by atoms with van der Waals surface area (Å²) < 4.78 is 5.84. The van der Waals surface area contributed by atoms with E-state index in [1.54, 1.807) is 6.07 Å². The van der Waals surface area contributed by atoms with Crippen LogP contribution in [0.15, 0.2) is 18.2 Å². The monoisotopic (exact) mass is 289 g/mol. The first-order chi connectivity index (χ1) is 10.1. The van der Waals surface area contributed by atoms with Crippen molar-refractivity contribution in [1.82, 2.24) is 10.2 Å². The number of nitrogens with zero attached hydrogens (tertiary/aromatic N) is 1. The number of carbonyl (C=O) groups is 1. The number of fused-ring (bicyclic) bond motifs is 1. The fraction of sp³-hybridized carbons (Fsp3) is 0.562. The summed E-state index contributed by atoms with van der Waals surface area (Å²) in [4.78, 5) is 14.7. The number of hydrogen-bond acceptors (Lipinski definition) is 4. The molecule has 0 saturated carbocycles. The molecule has 2 aliphatic rings. The van der Waals surface area contributed by atoms with Crippen LogP contribution in [0, 0.1) is 6.92 Å². The van der Waals surface area contributed by atoms with E-state index >= 15 is 0 Å². The molecule has 3 rings (SSSR count). The van der Waals surface area contributed by atoms with E-state index in [-0.39, 0.29) is 12.0 Å². The molecular formula is C16H23N3O2. The summed E-state index contributed by atoms with van der Waals surface area (Å²) in [5, 5.41) is 2.96. The maximum absolute atomic E-state index is 12.2. The number of ether oxygens (including phenoxy) is 1. The lowest BCUT2D eigenvalue weighted by Crippen LogP contribution is -2.50. The van der Waals surface area contributed by atoms with Gasteiger partial charge in [-0.3, -0.25) is 9.69 Å². The first-order valence-electron chi connectivity index (χ1n) is 7.63. The Labute approximate surface area is 125 Å². The molecule has 5 heteroatoms. The van der Waals surface area contributed by atoms with Crippen molar-refractivity contribution in [1.29, 1.82) is 0 Å². The highest BCUT2D eigenvalue weighted by atomic mass is 16.5. The predicted octanol–water partition coefficient (Wildman–Crippen LogP) is 1.17. The molecule has 2 heterocycles. The molecule has 0 radical (unpaired) electrons. The van der Waals surface area contributed by atoms with E-state index in [4.69, 9.17) is 10.5 Å². The standard InChI is InChI=1S/C16H23N3O2/c1-11-5-12(7-13(17)6-11)16(20)18-8-15-9-19-4-2-3-14(19)10-21-15/h5-7,14-15H,2-4,8-10,17H2,1H3,(H,18,20). The van der Waals surface area contributed by atoms with Gasteiger partial charge in [-0.2, -0.15) is 0 Å². The van der Waals surface area contributed by atoms with E-state index in [1.807, 2.05) is 19.1 Å². The zero-order valence-electron chi connectivity index (χ0n) is 12.5. The van der Waals surface area contributed by atoms with Crippen molar-refractivity contribution in [3.63, 3.8) is 0 Å². The zero-order chi connectivity index (χ0) is 14.8. The minimum absolute atomic E-state index is 0.0856. The molecule has 1 amide bonds. The Bertz CT molecular complexity index is 512. The van der Waals surface area contributed by atoms with Gasteiger partial charge in [-0.25, -0.2) is 0 Å². The number of amides is 1. The number of nitrogens with two attached hydrogens (primary N) is 1. The Morgan fingerprint density at radius 2 is 2.33 bits per heavy atom. The Morgan fingerprint density at radius 1 is 1.48 bits per heavy atom. The Morgan fingerprint density at radius 3 is 3.14 bits per heavy atom. The molecular weight excluding hydrogens is 266 g/mol. The van der Waals surface area contributed by atoms with Crippen LogP contribution >= 0.6 is 0 Å². The molecule has 114 valence electrons. The zero-order valence-corrected chi connectivity index (χ0v) is 12.5. The number of aryl methyl sites for hydroxylation is 1. The maximum Gasteiger partial charge on any atom is 0.251 e. The van der Waals surface area contributed by atoms with Crippen molar-refractivity contribution >= 4 is 11.6 Å². The van der Waals surface area contributed by atoms with Gasteiger partial charge in [0.2, 0.25) is 0 Å². The van der Waals surface area contributed by atoms with E-state index in [0.717, 1.165) is 25.3 Å². The largest absolute Gasteiger partial charge is 0.399 e. The molecule has 1 aromatic rings. The SMILES string of the molecule is Cc1cc(N)cc(C(=O)NCC2CN3CCCC3CO2)c1. The fourth-order valence-corrected chi connectivity index (χ4v) is 3.26. The van der Waals surface area contributed by atoms with Crippen LogP contribution in [0.5, 0.6) is 0 Å². The second-order valence-corrected chi connectivity index (χ2v) is 6.09. The highest BCUT2D eigenvalue weighted by molar-refractivity contribution is 5.95. The molecule has 3 N–H and O–H groups in total. The summed E-state index contributed by atoms with van der Waals surface area (Å²) in [6, 6.07) is 6.01. The average molecular weight is 289 g/mol. The third-order valence-electron chi connectivity index (χ3n) is 4.31. The highest BCUT2D eigenvalue weighted by Gasteiger charge is 2.32. The van der Waals surface area contributed by atoms with Gasteiger partial charge in [0.25, 0.3) is 5.91 Å². The maximum atomic E-state index is 12.2. The van der Waals surface area contributed by atoms with Crippen LogP contribution in [-0.2, 0) is 4.74 Å². The van der Waals surface area contributed by atoms with Crippen LogP contribution in [0.25, 0.3) is 0 Å². The second kappa shape index (κ2) is 6.03.